The minimum atomic E-state index is 0.604. The molecule has 0 spiro atoms. The maximum atomic E-state index is 6.62. The van der Waals surface area contributed by atoms with Crippen LogP contribution in [0.15, 0.2) is 199 Å². The molecule has 0 aliphatic carbocycles. The zero-order valence-corrected chi connectivity index (χ0v) is 30.2. The van der Waals surface area contributed by atoms with Crippen molar-refractivity contribution in [2.24, 2.45) is 0 Å². The molecule has 5 nitrogen and oxygen atoms in total. The van der Waals surface area contributed by atoms with Crippen LogP contribution in [0.5, 0.6) is 0 Å². The van der Waals surface area contributed by atoms with Crippen LogP contribution in [0, 0.1) is 0 Å². The second-order valence-electron chi connectivity index (χ2n) is 14.0. The summed E-state index contributed by atoms with van der Waals surface area (Å²) in [5.74, 6) is 1.84. The number of rotatable bonds is 6. The quantitative estimate of drug-likeness (QED) is 0.172. The number of benzene rings is 8. The summed E-state index contributed by atoms with van der Waals surface area (Å²) >= 11 is 0. The van der Waals surface area contributed by atoms with Gasteiger partial charge in [-0.2, -0.15) is 0 Å². The maximum Gasteiger partial charge on any atom is 0.166 e. The van der Waals surface area contributed by atoms with Gasteiger partial charge in [-0.3, -0.25) is 0 Å². The van der Waals surface area contributed by atoms with Crippen molar-refractivity contribution in [3.8, 4) is 62.1 Å². The molecule has 0 unspecified atom stereocenters. The highest BCUT2D eigenvalue weighted by Gasteiger charge is 2.21. The van der Waals surface area contributed by atoms with Crippen LogP contribution < -0.4 is 0 Å². The predicted molar refractivity (Wildman–Crippen MR) is 229 cm³/mol. The summed E-state index contributed by atoms with van der Waals surface area (Å²) in [7, 11) is 0. The van der Waals surface area contributed by atoms with Crippen LogP contribution in [-0.2, 0) is 0 Å². The van der Waals surface area contributed by atoms with E-state index in [1.54, 1.807) is 0 Å². The molecule has 56 heavy (non-hydrogen) atoms. The van der Waals surface area contributed by atoms with Gasteiger partial charge in [0.25, 0.3) is 0 Å². The van der Waals surface area contributed by atoms with Crippen LogP contribution in [-0.4, -0.2) is 19.5 Å². The predicted octanol–water partition coefficient (Wildman–Crippen LogP) is 13.2. The summed E-state index contributed by atoms with van der Waals surface area (Å²) in [6, 6.07) is 67.3. The van der Waals surface area contributed by atoms with Crippen molar-refractivity contribution in [1.82, 2.24) is 19.5 Å². The van der Waals surface area contributed by atoms with Crippen LogP contribution in [0.2, 0.25) is 0 Å². The van der Waals surface area contributed by atoms with Gasteiger partial charge in [0.1, 0.15) is 11.2 Å². The maximum absolute atomic E-state index is 6.62. The Morgan fingerprint density at radius 3 is 1.62 bits per heavy atom. The first-order chi connectivity index (χ1) is 27.7. The molecule has 262 valence electrons. The summed E-state index contributed by atoms with van der Waals surface area (Å²) in [5.41, 5.74) is 12.1. The van der Waals surface area contributed by atoms with Crippen LogP contribution in [0.25, 0.3) is 106 Å². The number of hydrogen-bond donors (Lipinski definition) is 0. The van der Waals surface area contributed by atoms with Crippen molar-refractivity contribution in [3.05, 3.63) is 194 Å². The first kappa shape index (κ1) is 31.9. The zero-order chi connectivity index (χ0) is 37.0. The zero-order valence-electron chi connectivity index (χ0n) is 30.2. The van der Waals surface area contributed by atoms with Crippen LogP contribution >= 0.6 is 0 Å². The van der Waals surface area contributed by atoms with Crippen molar-refractivity contribution in [2.75, 3.05) is 0 Å². The third kappa shape index (κ3) is 5.37. The third-order valence-electron chi connectivity index (χ3n) is 10.7. The first-order valence-corrected chi connectivity index (χ1v) is 18.8. The number of fused-ring (bicyclic) bond motifs is 6. The summed E-state index contributed by atoms with van der Waals surface area (Å²) in [6.45, 7) is 0. The van der Waals surface area contributed by atoms with E-state index in [4.69, 9.17) is 19.4 Å². The molecular formula is C51H32N4O. The Balaban J connectivity index is 1.12. The van der Waals surface area contributed by atoms with E-state index in [2.05, 4.69) is 156 Å². The van der Waals surface area contributed by atoms with Gasteiger partial charge < -0.3 is 8.98 Å². The van der Waals surface area contributed by atoms with E-state index in [1.165, 1.54) is 0 Å². The molecule has 0 aliphatic heterocycles. The molecule has 11 rings (SSSR count). The molecule has 0 amide bonds. The van der Waals surface area contributed by atoms with E-state index < -0.39 is 0 Å². The van der Waals surface area contributed by atoms with Gasteiger partial charge >= 0.3 is 0 Å². The van der Waals surface area contributed by atoms with E-state index in [9.17, 15) is 0 Å². The number of aromatic nitrogens is 4. The lowest BCUT2D eigenvalue weighted by atomic mass is 10.0. The Bertz CT molecular complexity index is 3240. The van der Waals surface area contributed by atoms with E-state index >= 15 is 0 Å². The second kappa shape index (κ2) is 13.0. The number of hydrogen-bond acceptors (Lipinski definition) is 4. The number of nitrogens with zero attached hydrogens (tertiary/aromatic N) is 4. The minimum absolute atomic E-state index is 0.604. The van der Waals surface area contributed by atoms with Gasteiger partial charge in [-0.1, -0.05) is 146 Å². The number of para-hydroxylation sites is 2. The molecule has 8 aromatic carbocycles. The summed E-state index contributed by atoms with van der Waals surface area (Å²) in [5, 5.41) is 4.44. The SMILES string of the molecule is c1ccc(-c2cccc(-c3nc(-c4ccccc4)nc(-c4cccc5c6ccccc6n(-c6ccc7c(c6)oc6cc(-c8ccccc8)ccc67)c45)n3)c2)cc1. The Morgan fingerprint density at radius 1 is 0.339 bits per heavy atom. The highest BCUT2D eigenvalue weighted by Crippen LogP contribution is 2.40. The molecule has 0 saturated carbocycles. The van der Waals surface area contributed by atoms with E-state index in [0.717, 1.165) is 88.4 Å². The monoisotopic (exact) mass is 716 g/mol. The first-order valence-electron chi connectivity index (χ1n) is 18.8. The Morgan fingerprint density at radius 2 is 0.875 bits per heavy atom. The van der Waals surface area contributed by atoms with Crippen LogP contribution in [0.1, 0.15) is 0 Å². The average molecular weight is 717 g/mol. The topological polar surface area (TPSA) is 56.7 Å². The molecule has 5 heteroatoms. The molecule has 0 atom stereocenters. The normalized spacial score (nSPS) is 11.6. The van der Waals surface area contributed by atoms with Gasteiger partial charge in [0, 0.05) is 50.0 Å². The Hall–Kier alpha value is -7.63. The fourth-order valence-corrected chi connectivity index (χ4v) is 7.99. The molecule has 3 aromatic heterocycles. The molecule has 11 aromatic rings. The molecule has 0 bridgehead atoms. The summed E-state index contributed by atoms with van der Waals surface area (Å²) < 4.78 is 8.94. The lowest BCUT2D eigenvalue weighted by molar-refractivity contribution is 0.669. The molecule has 0 saturated heterocycles. The smallest absolute Gasteiger partial charge is 0.166 e. The molecule has 0 fully saturated rings. The number of furan rings is 1. The lowest BCUT2D eigenvalue weighted by Gasteiger charge is -2.13. The van der Waals surface area contributed by atoms with Crippen molar-refractivity contribution in [2.45, 2.75) is 0 Å². The van der Waals surface area contributed by atoms with Gasteiger partial charge in [-0.05, 0) is 64.7 Å². The van der Waals surface area contributed by atoms with E-state index in [-0.39, 0.29) is 0 Å². The Kier molecular flexibility index (Phi) is 7.42. The van der Waals surface area contributed by atoms with Gasteiger partial charge in [-0.15, -0.1) is 0 Å². The third-order valence-corrected chi connectivity index (χ3v) is 10.7. The fourth-order valence-electron chi connectivity index (χ4n) is 7.99. The molecular weight excluding hydrogens is 685 g/mol. The molecule has 0 radical (unpaired) electrons. The highest BCUT2D eigenvalue weighted by atomic mass is 16.3. The van der Waals surface area contributed by atoms with Crippen molar-refractivity contribution in [3.63, 3.8) is 0 Å². The molecule has 0 N–H and O–H groups in total. The van der Waals surface area contributed by atoms with Crippen molar-refractivity contribution >= 4 is 43.7 Å². The van der Waals surface area contributed by atoms with Crippen molar-refractivity contribution < 1.29 is 4.42 Å². The molecule has 3 heterocycles. The lowest BCUT2D eigenvalue weighted by Crippen LogP contribution is -2.02. The minimum Gasteiger partial charge on any atom is -0.456 e. The van der Waals surface area contributed by atoms with Crippen molar-refractivity contribution in [1.29, 1.82) is 0 Å². The van der Waals surface area contributed by atoms with Gasteiger partial charge in [0.05, 0.1) is 11.0 Å². The van der Waals surface area contributed by atoms with Crippen LogP contribution in [0.4, 0.5) is 0 Å². The fraction of sp³-hybridized carbons (Fsp3) is 0. The van der Waals surface area contributed by atoms with E-state index in [1.807, 2.05) is 42.5 Å². The van der Waals surface area contributed by atoms with E-state index in [0.29, 0.717) is 17.5 Å². The summed E-state index contributed by atoms with van der Waals surface area (Å²) in [4.78, 5) is 15.5. The van der Waals surface area contributed by atoms with Gasteiger partial charge in [-0.25, -0.2) is 15.0 Å². The Labute approximate surface area is 322 Å². The van der Waals surface area contributed by atoms with Gasteiger partial charge in [0.2, 0.25) is 0 Å². The largest absolute Gasteiger partial charge is 0.456 e. The second-order valence-corrected chi connectivity index (χ2v) is 14.0. The standard InChI is InChI=1S/C51H32N4O/c1-4-14-33(15-5-1)36-20-12-21-38(30-36)50-52-49(35-18-8-3-9-19-35)53-51(54-50)44-24-13-23-43-40-22-10-11-25-45(40)55(48(43)44)39-27-29-42-41-28-26-37(34-16-6-2-7-17-34)31-46(41)56-47(42)32-39/h1-32H. The van der Waals surface area contributed by atoms with Crippen LogP contribution in [0.3, 0.4) is 0 Å². The average Bonchev–Trinajstić information content (AvgIpc) is 3.82. The molecule has 0 aliphatic rings. The highest BCUT2D eigenvalue weighted by molar-refractivity contribution is 6.14. The summed E-state index contributed by atoms with van der Waals surface area (Å²) in [6.07, 6.45) is 0. The van der Waals surface area contributed by atoms with Gasteiger partial charge in [0.15, 0.2) is 17.5 Å².